The predicted molar refractivity (Wildman–Crippen MR) is 71.3 cm³/mol. The Kier molecular flexibility index (Phi) is 4.60. The summed E-state index contributed by atoms with van der Waals surface area (Å²) >= 11 is 0. The lowest BCUT2D eigenvalue weighted by molar-refractivity contribution is 0.0538. The van der Waals surface area contributed by atoms with Crippen LogP contribution >= 0.6 is 0 Å². The van der Waals surface area contributed by atoms with Crippen molar-refractivity contribution in [2.24, 2.45) is 0 Å². The molecular weight excluding hydrogens is 226 g/mol. The Morgan fingerprint density at radius 2 is 2.28 bits per heavy atom. The molecule has 2 fully saturated rings. The number of hydrogen-bond acceptors (Lipinski definition) is 4. The van der Waals surface area contributed by atoms with E-state index in [-0.39, 0.29) is 5.54 Å². The molecule has 1 N–H and O–H groups in total. The third-order valence-corrected chi connectivity index (χ3v) is 4.56. The molecule has 1 heterocycles. The molecule has 0 amide bonds. The van der Waals surface area contributed by atoms with E-state index in [1.165, 1.54) is 19.3 Å². The zero-order valence-electron chi connectivity index (χ0n) is 11.6. The minimum atomic E-state index is -0.312. The van der Waals surface area contributed by atoms with Crippen molar-refractivity contribution < 1.29 is 4.74 Å². The molecule has 3 atom stereocenters. The van der Waals surface area contributed by atoms with Gasteiger partial charge in [-0.1, -0.05) is 0 Å². The second-order valence-corrected chi connectivity index (χ2v) is 5.77. The Morgan fingerprint density at radius 1 is 1.44 bits per heavy atom. The van der Waals surface area contributed by atoms with Crippen LogP contribution in [0.5, 0.6) is 0 Å². The van der Waals surface area contributed by atoms with Crippen LogP contribution in [0.1, 0.15) is 38.5 Å². The second kappa shape index (κ2) is 6.01. The molecule has 4 nitrogen and oxygen atoms in total. The van der Waals surface area contributed by atoms with Gasteiger partial charge in [-0.2, -0.15) is 5.26 Å². The molecule has 4 heteroatoms. The Balaban J connectivity index is 1.89. The van der Waals surface area contributed by atoms with Gasteiger partial charge in [0.1, 0.15) is 5.54 Å². The smallest absolute Gasteiger partial charge is 0.108 e. The molecule has 3 unspecified atom stereocenters. The molecule has 0 aromatic rings. The SMILES string of the molecule is CNC1(C#N)CCCC(N(C)CC2CCCO2)C1. The predicted octanol–water partition coefficient (Wildman–Crippen LogP) is 1.52. The van der Waals surface area contributed by atoms with Gasteiger partial charge in [0, 0.05) is 19.2 Å². The quantitative estimate of drug-likeness (QED) is 0.823. The number of nitriles is 1. The van der Waals surface area contributed by atoms with Crippen molar-refractivity contribution in [1.82, 2.24) is 10.2 Å². The number of ether oxygens (including phenoxy) is 1. The largest absolute Gasteiger partial charge is 0.377 e. The van der Waals surface area contributed by atoms with Gasteiger partial charge in [-0.3, -0.25) is 0 Å². The minimum Gasteiger partial charge on any atom is -0.377 e. The van der Waals surface area contributed by atoms with Crippen LogP contribution in [-0.4, -0.2) is 49.8 Å². The summed E-state index contributed by atoms with van der Waals surface area (Å²) in [5.41, 5.74) is -0.312. The van der Waals surface area contributed by atoms with Crippen LogP contribution in [0.3, 0.4) is 0 Å². The van der Waals surface area contributed by atoms with Crippen molar-refractivity contribution >= 4 is 0 Å². The van der Waals surface area contributed by atoms with Crippen LogP contribution in [-0.2, 0) is 4.74 Å². The summed E-state index contributed by atoms with van der Waals surface area (Å²) in [7, 11) is 4.08. The molecule has 1 aliphatic carbocycles. The zero-order valence-corrected chi connectivity index (χ0v) is 11.6. The third kappa shape index (κ3) is 3.03. The van der Waals surface area contributed by atoms with Gasteiger partial charge >= 0.3 is 0 Å². The lowest BCUT2D eigenvalue weighted by Crippen LogP contribution is -2.51. The Morgan fingerprint density at radius 3 is 2.89 bits per heavy atom. The Labute approximate surface area is 110 Å². The summed E-state index contributed by atoms with van der Waals surface area (Å²) in [5.74, 6) is 0. The molecule has 0 aromatic heterocycles. The molecule has 1 saturated heterocycles. The third-order valence-electron chi connectivity index (χ3n) is 4.56. The number of hydrogen-bond donors (Lipinski definition) is 1. The lowest BCUT2D eigenvalue weighted by Gasteiger charge is -2.40. The standard InChI is InChI=1S/C14H25N3O/c1-16-14(11-15)7-3-5-12(9-14)17(2)10-13-6-4-8-18-13/h12-13,16H,3-10H2,1-2H3. The molecule has 0 aromatic carbocycles. The normalized spacial score (nSPS) is 36.8. The van der Waals surface area contributed by atoms with Crippen molar-refractivity contribution in [3.05, 3.63) is 0 Å². The number of nitrogens with zero attached hydrogens (tertiary/aromatic N) is 2. The molecular formula is C14H25N3O. The monoisotopic (exact) mass is 251 g/mol. The Hall–Kier alpha value is -0.630. The van der Waals surface area contributed by atoms with E-state index in [2.05, 4.69) is 23.3 Å². The highest BCUT2D eigenvalue weighted by atomic mass is 16.5. The maximum atomic E-state index is 9.37. The van der Waals surface area contributed by atoms with Crippen LogP contribution in [0.4, 0.5) is 0 Å². The fourth-order valence-corrected chi connectivity index (χ4v) is 3.27. The molecule has 102 valence electrons. The molecule has 2 aliphatic rings. The minimum absolute atomic E-state index is 0.312. The summed E-state index contributed by atoms with van der Waals surface area (Å²) in [6.07, 6.45) is 7.04. The van der Waals surface area contributed by atoms with Crippen molar-refractivity contribution in [2.45, 2.75) is 56.2 Å². The van der Waals surface area contributed by atoms with E-state index < -0.39 is 0 Å². The van der Waals surface area contributed by atoms with Crippen LogP contribution in [0.2, 0.25) is 0 Å². The van der Waals surface area contributed by atoms with E-state index in [4.69, 9.17) is 4.74 Å². The molecule has 18 heavy (non-hydrogen) atoms. The molecule has 2 rings (SSSR count). The molecule has 1 saturated carbocycles. The van der Waals surface area contributed by atoms with E-state index in [1.54, 1.807) is 0 Å². The van der Waals surface area contributed by atoms with E-state index in [9.17, 15) is 5.26 Å². The van der Waals surface area contributed by atoms with Gasteiger partial charge in [-0.15, -0.1) is 0 Å². The summed E-state index contributed by atoms with van der Waals surface area (Å²) in [5, 5.41) is 12.6. The van der Waals surface area contributed by atoms with Crippen molar-refractivity contribution in [3.63, 3.8) is 0 Å². The van der Waals surface area contributed by atoms with Gasteiger partial charge in [0.25, 0.3) is 0 Å². The first-order valence-corrected chi connectivity index (χ1v) is 7.11. The lowest BCUT2D eigenvalue weighted by atomic mass is 9.79. The van der Waals surface area contributed by atoms with Crippen LogP contribution in [0.25, 0.3) is 0 Å². The van der Waals surface area contributed by atoms with Crippen LogP contribution < -0.4 is 5.32 Å². The first-order chi connectivity index (χ1) is 8.69. The highest BCUT2D eigenvalue weighted by Crippen LogP contribution is 2.30. The maximum absolute atomic E-state index is 9.37. The van der Waals surface area contributed by atoms with E-state index >= 15 is 0 Å². The van der Waals surface area contributed by atoms with Crippen molar-refractivity contribution in [2.75, 3.05) is 27.2 Å². The van der Waals surface area contributed by atoms with Crippen LogP contribution in [0.15, 0.2) is 0 Å². The average molecular weight is 251 g/mol. The van der Waals surface area contributed by atoms with Crippen molar-refractivity contribution in [1.29, 1.82) is 5.26 Å². The second-order valence-electron chi connectivity index (χ2n) is 5.77. The van der Waals surface area contributed by atoms with E-state index in [0.29, 0.717) is 12.1 Å². The topological polar surface area (TPSA) is 48.3 Å². The van der Waals surface area contributed by atoms with Gasteiger partial charge in [-0.25, -0.2) is 0 Å². The Bertz CT molecular complexity index is 309. The van der Waals surface area contributed by atoms with Gasteiger partial charge in [-0.05, 0) is 52.6 Å². The van der Waals surface area contributed by atoms with Crippen molar-refractivity contribution in [3.8, 4) is 6.07 Å². The van der Waals surface area contributed by atoms with Gasteiger partial charge in [0.05, 0.1) is 12.2 Å². The van der Waals surface area contributed by atoms with E-state index in [0.717, 1.165) is 32.4 Å². The molecule has 0 spiro atoms. The first kappa shape index (κ1) is 13.8. The number of nitrogens with one attached hydrogen (secondary N) is 1. The zero-order chi connectivity index (χ0) is 13.0. The molecule has 0 radical (unpaired) electrons. The fourth-order valence-electron chi connectivity index (χ4n) is 3.27. The molecule has 1 aliphatic heterocycles. The van der Waals surface area contributed by atoms with Gasteiger partial charge in [0.15, 0.2) is 0 Å². The summed E-state index contributed by atoms with van der Waals surface area (Å²) < 4.78 is 5.70. The number of rotatable bonds is 4. The first-order valence-electron chi connectivity index (χ1n) is 7.11. The van der Waals surface area contributed by atoms with Crippen LogP contribution in [0, 0.1) is 11.3 Å². The summed E-state index contributed by atoms with van der Waals surface area (Å²) in [6, 6.07) is 2.99. The summed E-state index contributed by atoms with van der Waals surface area (Å²) in [6.45, 7) is 1.93. The van der Waals surface area contributed by atoms with E-state index in [1.807, 2.05) is 7.05 Å². The average Bonchev–Trinajstić information content (AvgIpc) is 2.91. The summed E-state index contributed by atoms with van der Waals surface area (Å²) in [4.78, 5) is 2.40. The van der Waals surface area contributed by atoms with Gasteiger partial charge < -0.3 is 15.0 Å². The fraction of sp³-hybridized carbons (Fsp3) is 0.929. The highest BCUT2D eigenvalue weighted by molar-refractivity contribution is 5.10. The number of likely N-dealkylation sites (N-methyl/N-ethyl adjacent to an activating group) is 1. The highest BCUT2D eigenvalue weighted by Gasteiger charge is 2.37. The van der Waals surface area contributed by atoms with Gasteiger partial charge in [0.2, 0.25) is 0 Å². The molecule has 0 bridgehead atoms. The maximum Gasteiger partial charge on any atom is 0.108 e.